The summed E-state index contributed by atoms with van der Waals surface area (Å²) in [7, 11) is 1.64. The molecule has 0 radical (unpaired) electrons. The minimum absolute atomic E-state index is 0.0462. The Kier molecular flexibility index (Phi) is 8.43. The molecule has 2 saturated heterocycles. The number of rotatable bonds is 6. The topological polar surface area (TPSA) is 109 Å². The molecule has 2 amide bonds. The smallest absolute Gasteiger partial charge is 0.490 e. The van der Waals surface area contributed by atoms with Crippen molar-refractivity contribution in [2.45, 2.75) is 43.5 Å². The van der Waals surface area contributed by atoms with Crippen LogP contribution in [0, 0.1) is 5.92 Å². The number of morpholine rings is 1. The number of likely N-dealkylation sites (tertiary alicyclic amines) is 1. The van der Waals surface area contributed by atoms with E-state index < -0.39 is 17.7 Å². The van der Waals surface area contributed by atoms with E-state index in [1.54, 1.807) is 19.5 Å². The number of methoxy groups -OCH3 is 1. The third-order valence-electron chi connectivity index (χ3n) is 7.14. The lowest BCUT2D eigenvalue weighted by Crippen LogP contribution is -2.60. The Bertz CT molecular complexity index is 1170. The molecule has 1 saturated carbocycles. The van der Waals surface area contributed by atoms with Crippen LogP contribution >= 0.6 is 0 Å². The lowest BCUT2D eigenvalue weighted by Gasteiger charge is -2.42. The van der Waals surface area contributed by atoms with Crippen molar-refractivity contribution < 1.29 is 42.1 Å². The molecule has 1 N–H and O–H groups in total. The maximum Gasteiger partial charge on any atom is 0.490 e. The predicted molar refractivity (Wildman–Crippen MR) is 132 cm³/mol. The maximum atomic E-state index is 13.9. The van der Waals surface area contributed by atoms with E-state index in [2.05, 4.69) is 4.98 Å². The van der Waals surface area contributed by atoms with Gasteiger partial charge in [0.2, 0.25) is 5.91 Å². The molecule has 3 aliphatic rings. The van der Waals surface area contributed by atoms with Gasteiger partial charge in [-0.05, 0) is 48.1 Å². The van der Waals surface area contributed by atoms with Gasteiger partial charge in [-0.2, -0.15) is 13.2 Å². The zero-order valence-corrected chi connectivity index (χ0v) is 21.4. The van der Waals surface area contributed by atoms with E-state index in [9.17, 15) is 22.8 Å². The van der Waals surface area contributed by atoms with Gasteiger partial charge in [0.25, 0.3) is 5.91 Å². The minimum Gasteiger partial charge on any atom is -0.497 e. The zero-order valence-electron chi connectivity index (χ0n) is 21.4. The first kappa shape index (κ1) is 28.3. The molecule has 3 heterocycles. The van der Waals surface area contributed by atoms with Gasteiger partial charge in [0.1, 0.15) is 5.75 Å². The van der Waals surface area contributed by atoms with Crippen LogP contribution in [-0.2, 0) is 25.7 Å². The Labute approximate surface area is 223 Å². The summed E-state index contributed by atoms with van der Waals surface area (Å²) >= 11 is 0. The molecule has 2 aliphatic heterocycles. The fourth-order valence-corrected chi connectivity index (χ4v) is 4.90. The van der Waals surface area contributed by atoms with Crippen LogP contribution in [-0.4, -0.2) is 82.8 Å². The van der Waals surface area contributed by atoms with Gasteiger partial charge in [-0.3, -0.25) is 14.6 Å². The van der Waals surface area contributed by atoms with Crippen LogP contribution in [0.4, 0.5) is 13.2 Å². The number of carbonyl (C=O) groups is 3. The van der Waals surface area contributed by atoms with Gasteiger partial charge in [0.05, 0.1) is 20.3 Å². The largest absolute Gasteiger partial charge is 0.497 e. The van der Waals surface area contributed by atoms with Crippen LogP contribution in [0.25, 0.3) is 0 Å². The summed E-state index contributed by atoms with van der Waals surface area (Å²) in [5.74, 6) is -1.61. The highest BCUT2D eigenvalue weighted by molar-refractivity contribution is 5.90. The van der Waals surface area contributed by atoms with Crippen LogP contribution in [0.5, 0.6) is 5.75 Å². The fraction of sp³-hybridized carbons (Fsp3) is 0.481. The van der Waals surface area contributed by atoms with E-state index in [1.807, 2.05) is 46.2 Å². The van der Waals surface area contributed by atoms with Crippen molar-refractivity contribution in [3.8, 4) is 5.75 Å². The van der Waals surface area contributed by atoms with Crippen LogP contribution in [0.2, 0.25) is 0 Å². The molecule has 3 fully saturated rings. The first-order chi connectivity index (χ1) is 18.5. The molecule has 39 heavy (non-hydrogen) atoms. The minimum atomic E-state index is -5.08. The number of carbonyl (C=O) groups excluding carboxylic acids is 2. The number of hydrogen-bond acceptors (Lipinski definition) is 6. The number of amides is 2. The third kappa shape index (κ3) is 6.67. The molecule has 9 nitrogen and oxygen atoms in total. The molecule has 210 valence electrons. The van der Waals surface area contributed by atoms with Crippen LogP contribution in [0.3, 0.4) is 0 Å². The summed E-state index contributed by atoms with van der Waals surface area (Å²) < 4.78 is 43.3. The van der Waals surface area contributed by atoms with Gasteiger partial charge < -0.3 is 24.4 Å². The Morgan fingerprint density at radius 2 is 1.90 bits per heavy atom. The monoisotopic (exact) mass is 549 g/mol. The highest BCUT2D eigenvalue weighted by Gasteiger charge is 2.58. The SMILES string of the molecule is COc1ccc(CN2CCOC3(CN(C(=O)CC4CC4)CC3c3cccnc3)C2=O)cc1.O=C(O)C(F)(F)F. The number of pyridine rings is 1. The van der Waals surface area contributed by atoms with E-state index in [-0.39, 0.29) is 17.7 Å². The molecule has 1 spiro atoms. The number of aromatic nitrogens is 1. The fourth-order valence-electron chi connectivity index (χ4n) is 4.90. The molecule has 1 aromatic carbocycles. The van der Waals surface area contributed by atoms with Crippen molar-refractivity contribution in [3.63, 3.8) is 0 Å². The second-order valence-corrected chi connectivity index (χ2v) is 9.88. The van der Waals surface area contributed by atoms with Crippen molar-refractivity contribution >= 4 is 17.8 Å². The second kappa shape index (κ2) is 11.6. The van der Waals surface area contributed by atoms with E-state index in [1.165, 1.54) is 0 Å². The quantitative estimate of drug-likeness (QED) is 0.589. The molecule has 2 unspecified atom stereocenters. The molecule has 0 bridgehead atoms. The Morgan fingerprint density at radius 3 is 2.46 bits per heavy atom. The highest BCUT2D eigenvalue weighted by atomic mass is 19.4. The molecule has 5 rings (SSSR count). The number of hydrogen-bond donors (Lipinski definition) is 1. The maximum absolute atomic E-state index is 13.9. The number of carboxylic acid groups (broad SMARTS) is 1. The summed E-state index contributed by atoms with van der Waals surface area (Å²) in [5.41, 5.74) is 0.912. The van der Waals surface area contributed by atoms with Crippen molar-refractivity contribution in [1.29, 1.82) is 0 Å². The summed E-state index contributed by atoms with van der Waals surface area (Å²) in [5, 5.41) is 7.12. The Balaban J connectivity index is 0.000000448. The van der Waals surface area contributed by atoms with Crippen molar-refractivity contribution in [2.24, 2.45) is 5.92 Å². The van der Waals surface area contributed by atoms with E-state index >= 15 is 0 Å². The van der Waals surface area contributed by atoms with Gasteiger partial charge in [0.15, 0.2) is 5.60 Å². The second-order valence-electron chi connectivity index (χ2n) is 9.88. The number of benzene rings is 1. The standard InChI is InChI=1S/C25H29N3O4.C2HF3O2/c1-31-21-8-6-19(7-9-21)15-27-11-12-32-25(24(27)30)17-28(23(29)13-18-4-5-18)16-22(25)20-3-2-10-26-14-20;3-2(4,5)1(6)7/h2-3,6-10,14,18,22H,4-5,11-13,15-17H2,1H3;(H,6,7). The first-order valence-electron chi connectivity index (χ1n) is 12.6. The van der Waals surface area contributed by atoms with Crippen molar-refractivity contribution in [1.82, 2.24) is 14.8 Å². The van der Waals surface area contributed by atoms with Gasteiger partial charge in [0, 0.05) is 44.4 Å². The molecular weight excluding hydrogens is 519 g/mol. The zero-order chi connectivity index (χ0) is 28.2. The number of alkyl halides is 3. The van der Waals surface area contributed by atoms with Crippen molar-refractivity contribution in [3.05, 3.63) is 59.9 Å². The molecule has 1 aromatic heterocycles. The van der Waals surface area contributed by atoms with Crippen LogP contribution < -0.4 is 4.74 Å². The average Bonchev–Trinajstić information content (AvgIpc) is 3.65. The van der Waals surface area contributed by atoms with Gasteiger partial charge in [-0.15, -0.1) is 0 Å². The highest BCUT2D eigenvalue weighted by Crippen LogP contribution is 2.43. The van der Waals surface area contributed by atoms with Crippen LogP contribution in [0.1, 0.15) is 36.3 Å². The molecular formula is C27H30F3N3O6. The molecule has 12 heteroatoms. The normalized spacial score (nSPS) is 22.9. The number of carboxylic acids is 1. The summed E-state index contributed by atoms with van der Waals surface area (Å²) in [6.45, 7) is 2.27. The molecule has 2 aromatic rings. The summed E-state index contributed by atoms with van der Waals surface area (Å²) in [6.07, 6.45) is 1.25. The first-order valence-corrected chi connectivity index (χ1v) is 12.6. The van der Waals surface area contributed by atoms with Gasteiger partial charge in [-0.1, -0.05) is 18.2 Å². The van der Waals surface area contributed by atoms with Crippen molar-refractivity contribution in [2.75, 3.05) is 33.4 Å². The summed E-state index contributed by atoms with van der Waals surface area (Å²) in [6, 6.07) is 11.6. The molecule has 2 atom stereocenters. The number of aliphatic carboxylic acids is 1. The average molecular weight is 550 g/mol. The van der Waals surface area contributed by atoms with E-state index in [0.717, 1.165) is 29.7 Å². The van der Waals surface area contributed by atoms with Crippen LogP contribution in [0.15, 0.2) is 48.8 Å². The lowest BCUT2D eigenvalue weighted by atomic mass is 9.83. The van der Waals surface area contributed by atoms with Gasteiger partial charge >= 0.3 is 12.1 Å². The predicted octanol–water partition coefficient (Wildman–Crippen LogP) is 3.25. The number of ether oxygens (including phenoxy) is 2. The number of nitrogens with zero attached hydrogens (tertiary/aromatic N) is 3. The van der Waals surface area contributed by atoms with E-state index in [4.69, 9.17) is 19.4 Å². The third-order valence-corrected chi connectivity index (χ3v) is 7.14. The lowest BCUT2D eigenvalue weighted by molar-refractivity contribution is -0.192. The number of halogens is 3. The Hall–Kier alpha value is -3.67. The Morgan fingerprint density at radius 1 is 1.21 bits per heavy atom. The summed E-state index contributed by atoms with van der Waals surface area (Å²) in [4.78, 5) is 43.7. The molecule has 1 aliphatic carbocycles. The van der Waals surface area contributed by atoms with Gasteiger partial charge in [-0.25, -0.2) is 4.79 Å². The van der Waals surface area contributed by atoms with E-state index in [0.29, 0.717) is 45.1 Å².